The molecule has 0 atom stereocenters. The minimum absolute atomic E-state index is 0.244. The molecule has 0 radical (unpaired) electrons. The van der Waals surface area contributed by atoms with Crippen molar-refractivity contribution < 1.29 is 4.79 Å². The number of amides is 1. The summed E-state index contributed by atoms with van der Waals surface area (Å²) in [5, 5.41) is 0. The Morgan fingerprint density at radius 3 is 2.35 bits per heavy atom. The monoisotopic (exact) mass is 272 g/mol. The molecule has 3 heteroatoms. The van der Waals surface area contributed by atoms with Crippen LogP contribution in [0.4, 0.5) is 0 Å². The number of hydrogen-bond donors (Lipinski definition) is 0. The molecule has 3 nitrogen and oxygen atoms in total. The molecule has 0 bridgehead atoms. The van der Waals surface area contributed by atoms with Gasteiger partial charge in [-0.1, -0.05) is 30.3 Å². The molecule has 0 saturated carbocycles. The molecule has 2 saturated heterocycles. The first-order valence-corrected chi connectivity index (χ1v) is 7.69. The largest absolute Gasteiger partial charge is 0.342 e. The number of rotatable bonds is 2. The maximum Gasteiger partial charge on any atom is 0.219 e. The third kappa shape index (κ3) is 2.88. The van der Waals surface area contributed by atoms with E-state index in [1.54, 1.807) is 6.92 Å². The first-order valence-electron chi connectivity index (χ1n) is 7.69. The van der Waals surface area contributed by atoms with Gasteiger partial charge in [0, 0.05) is 26.6 Å². The van der Waals surface area contributed by atoms with Crippen molar-refractivity contribution in [3.63, 3.8) is 0 Å². The molecule has 0 unspecified atom stereocenters. The SMILES string of the molecule is CC(=O)N1CCC2(CCN(Cc3ccccc3)CC2)C1. The van der Waals surface area contributed by atoms with Crippen molar-refractivity contribution in [1.29, 1.82) is 0 Å². The molecule has 0 N–H and O–H groups in total. The highest BCUT2D eigenvalue weighted by molar-refractivity contribution is 5.73. The van der Waals surface area contributed by atoms with Gasteiger partial charge in [-0.2, -0.15) is 0 Å². The molecule has 1 aromatic rings. The highest BCUT2D eigenvalue weighted by atomic mass is 16.2. The predicted octanol–water partition coefficient (Wildman–Crippen LogP) is 2.52. The van der Waals surface area contributed by atoms with Crippen LogP contribution in [0.15, 0.2) is 30.3 Å². The molecule has 1 aromatic carbocycles. The lowest BCUT2D eigenvalue weighted by atomic mass is 9.77. The average molecular weight is 272 g/mol. The third-order valence-electron chi connectivity index (χ3n) is 5.05. The van der Waals surface area contributed by atoms with Crippen LogP contribution in [0.2, 0.25) is 0 Å². The highest BCUT2D eigenvalue weighted by Gasteiger charge is 2.41. The molecule has 0 aliphatic carbocycles. The van der Waals surface area contributed by atoms with Gasteiger partial charge in [0.15, 0.2) is 0 Å². The van der Waals surface area contributed by atoms with E-state index in [1.165, 1.54) is 37.9 Å². The molecule has 20 heavy (non-hydrogen) atoms. The van der Waals surface area contributed by atoms with Gasteiger partial charge in [-0.15, -0.1) is 0 Å². The van der Waals surface area contributed by atoms with Crippen molar-refractivity contribution in [2.45, 2.75) is 32.7 Å². The van der Waals surface area contributed by atoms with E-state index >= 15 is 0 Å². The van der Waals surface area contributed by atoms with Crippen molar-refractivity contribution in [3.8, 4) is 0 Å². The molecule has 1 amide bonds. The molecule has 2 aliphatic rings. The number of carbonyl (C=O) groups excluding carboxylic acids is 1. The van der Waals surface area contributed by atoms with E-state index in [9.17, 15) is 4.79 Å². The summed E-state index contributed by atoms with van der Waals surface area (Å²) in [6.07, 6.45) is 3.68. The lowest BCUT2D eigenvalue weighted by molar-refractivity contribution is -0.128. The van der Waals surface area contributed by atoms with Crippen LogP contribution in [0.1, 0.15) is 31.7 Å². The first kappa shape index (κ1) is 13.6. The van der Waals surface area contributed by atoms with Gasteiger partial charge in [0.2, 0.25) is 5.91 Å². The normalized spacial score (nSPS) is 22.4. The van der Waals surface area contributed by atoms with E-state index in [0.717, 1.165) is 19.6 Å². The maximum absolute atomic E-state index is 11.5. The summed E-state index contributed by atoms with van der Waals surface area (Å²) in [4.78, 5) is 16.1. The Labute approximate surface area is 121 Å². The van der Waals surface area contributed by atoms with E-state index in [4.69, 9.17) is 0 Å². The van der Waals surface area contributed by atoms with Crippen molar-refractivity contribution in [3.05, 3.63) is 35.9 Å². The molecular weight excluding hydrogens is 248 g/mol. The Balaban J connectivity index is 1.54. The quantitative estimate of drug-likeness (QED) is 0.826. The minimum atomic E-state index is 0.244. The van der Waals surface area contributed by atoms with Gasteiger partial charge < -0.3 is 4.90 Å². The highest BCUT2D eigenvalue weighted by Crippen LogP contribution is 2.40. The summed E-state index contributed by atoms with van der Waals surface area (Å²) < 4.78 is 0. The number of likely N-dealkylation sites (tertiary alicyclic amines) is 2. The fourth-order valence-electron chi connectivity index (χ4n) is 3.64. The van der Waals surface area contributed by atoms with Crippen molar-refractivity contribution in [2.24, 2.45) is 5.41 Å². The van der Waals surface area contributed by atoms with Gasteiger partial charge in [-0.3, -0.25) is 9.69 Å². The molecule has 2 heterocycles. The smallest absolute Gasteiger partial charge is 0.219 e. The van der Waals surface area contributed by atoms with Crippen molar-refractivity contribution >= 4 is 5.91 Å². The van der Waals surface area contributed by atoms with Gasteiger partial charge in [-0.05, 0) is 43.3 Å². The summed E-state index contributed by atoms with van der Waals surface area (Å²) in [5.41, 5.74) is 1.82. The van der Waals surface area contributed by atoms with Crippen LogP contribution < -0.4 is 0 Å². The number of benzene rings is 1. The van der Waals surface area contributed by atoms with Crippen LogP contribution >= 0.6 is 0 Å². The number of hydrogen-bond acceptors (Lipinski definition) is 2. The van der Waals surface area contributed by atoms with Crippen LogP contribution in [0.25, 0.3) is 0 Å². The van der Waals surface area contributed by atoms with Crippen molar-refractivity contribution in [1.82, 2.24) is 9.80 Å². The Bertz CT molecular complexity index is 463. The zero-order valence-corrected chi connectivity index (χ0v) is 12.3. The van der Waals surface area contributed by atoms with Crippen LogP contribution in [-0.4, -0.2) is 41.9 Å². The van der Waals surface area contributed by atoms with Crippen LogP contribution in [0, 0.1) is 5.41 Å². The average Bonchev–Trinajstić information content (AvgIpc) is 2.87. The summed E-state index contributed by atoms with van der Waals surface area (Å²) in [6, 6.07) is 10.7. The lowest BCUT2D eigenvalue weighted by Gasteiger charge is -2.39. The molecule has 2 aliphatic heterocycles. The summed E-state index contributed by atoms with van der Waals surface area (Å²) in [5.74, 6) is 0.244. The van der Waals surface area contributed by atoms with E-state index in [2.05, 4.69) is 35.2 Å². The number of piperidine rings is 1. The Kier molecular flexibility index (Phi) is 3.79. The standard InChI is InChI=1S/C17H24N2O/c1-15(20)19-12-9-17(14-19)7-10-18(11-8-17)13-16-5-3-2-4-6-16/h2-6H,7-14H2,1H3. The summed E-state index contributed by atoms with van der Waals surface area (Å²) in [7, 11) is 0. The zero-order valence-electron chi connectivity index (χ0n) is 12.3. The molecule has 3 rings (SSSR count). The second kappa shape index (κ2) is 5.57. The minimum Gasteiger partial charge on any atom is -0.342 e. The van der Waals surface area contributed by atoms with E-state index < -0.39 is 0 Å². The summed E-state index contributed by atoms with van der Waals surface area (Å²) in [6.45, 7) is 7.05. The fraction of sp³-hybridized carbons (Fsp3) is 0.588. The maximum atomic E-state index is 11.5. The van der Waals surface area contributed by atoms with E-state index in [1.807, 2.05) is 4.90 Å². The Hall–Kier alpha value is -1.35. The van der Waals surface area contributed by atoms with Gasteiger partial charge in [-0.25, -0.2) is 0 Å². The topological polar surface area (TPSA) is 23.6 Å². The first-order chi connectivity index (χ1) is 9.67. The lowest BCUT2D eigenvalue weighted by Crippen LogP contribution is -2.41. The van der Waals surface area contributed by atoms with Crippen LogP contribution in [-0.2, 0) is 11.3 Å². The second-order valence-corrected chi connectivity index (χ2v) is 6.45. The number of carbonyl (C=O) groups is 1. The van der Waals surface area contributed by atoms with E-state index in [-0.39, 0.29) is 5.91 Å². The number of nitrogens with zero attached hydrogens (tertiary/aromatic N) is 2. The second-order valence-electron chi connectivity index (χ2n) is 6.45. The van der Waals surface area contributed by atoms with Gasteiger partial charge in [0.1, 0.15) is 0 Å². The van der Waals surface area contributed by atoms with Crippen LogP contribution in [0.5, 0.6) is 0 Å². The Morgan fingerprint density at radius 1 is 1.10 bits per heavy atom. The predicted molar refractivity (Wildman–Crippen MR) is 80.3 cm³/mol. The fourth-order valence-corrected chi connectivity index (χ4v) is 3.64. The van der Waals surface area contributed by atoms with Gasteiger partial charge in [0.05, 0.1) is 0 Å². The molecule has 0 aromatic heterocycles. The zero-order chi connectivity index (χ0) is 14.0. The van der Waals surface area contributed by atoms with E-state index in [0.29, 0.717) is 5.41 Å². The van der Waals surface area contributed by atoms with Gasteiger partial charge >= 0.3 is 0 Å². The van der Waals surface area contributed by atoms with Gasteiger partial charge in [0.25, 0.3) is 0 Å². The molecule has 108 valence electrons. The molecule has 2 fully saturated rings. The van der Waals surface area contributed by atoms with Crippen molar-refractivity contribution in [2.75, 3.05) is 26.2 Å². The summed E-state index contributed by atoms with van der Waals surface area (Å²) >= 11 is 0. The van der Waals surface area contributed by atoms with Crippen LogP contribution in [0.3, 0.4) is 0 Å². The Morgan fingerprint density at radius 2 is 1.75 bits per heavy atom. The molecular formula is C17H24N2O. The third-order valence-corrected chi connectivity index (χ3v) is 5.05. The molecule has 1 spiro atoms.